The van der Waals surface area contributed by atoms with Gasteiger partial charge in [0.1, 0.15) is 11.2 Å². The van der Waals surface area contributed by atoms with Crippen molar-refractivity contribution in [3.8, 4) is 44.5 Å². The number of hydrogen-bond donors (Lipinski definition) is 0. The lowest BCUT2D eigenvalue weighted by molar-refractivity contribution is 0.00964. The minimum Gasteiger partial charge on any atom is -0.456 e. The fraction of sp³-hybridized carbons (Fsp3) is 0.175. The highest BCUT2D eigenvalue weighted by molar-refractivity contribution is 6.07. The fourth-order valence-corrected chi connectivity index (χ4v) is 12.6. The molecule has 3 aliphatic carbocycles. The largest absolute Gasteiger partial charge is 0.456 e. The molecule has 0 amide bonds. The minimum absolute atomic E-state index is 0.396. The van der Waals surface area contributed by atoms with Crippen molar-refractivity contribution in [2.45, 2.75) is 50.4 Å². The normalized spacial score (nSPS) is 20.1. The summed E-state index contributed by atoms with van der Waals surface area (Å²) in [7, 11) is 0. The molecule has 0 radical (unpaired) electrons. The number of benzene rings is 9. The molecule has 314 valence electrons. The fourth-order valence-electron chi connectivity index (χ4n) is 12.6. The lowest BCUT2D eigenvalue weighted by Crippen LogP contribution is -2.46. The first-order valence-electron chi connectivity index (χ1n) is 23.8. The maximum absolute atomic E-state index is 6.21. The summed E-state index contributed by atoms with van der Waals surface area (Å²) in [5.74, 6) is 2.88. The van der Waals surface area contributed by atoms with Crippen molar-refractivity contribution in [2.75, 3.05) is 4.90 Å². The van der Waals surface area contributed by atoms with Crippen molar-refractivity contribution in [1.82, 2.24) is 0 Å². The van der Waals surface area contributed by atoms with E-state index in [1.54, 1.807) is 5.56 Å². The Morgan fingerprint density at radius 1 is 0.415 bits per heavy atom. The number of nitrogens with zero attached hydrogens (tertiary/aromatic N) is 1. The SMILES string of the molecule is c1ccc(-c2cccc3cccc(-c4ccc(N(c5ccc(-c6ccc(C78CCC9CCC(CC9C7)C8)cc6)cc5)c5cccc(-c6ccc7oc8ccccc8c7c6)c5)cc4)c23)cc1. The molecule has 3 aliphatic rings. The summed E-state index contributed by atoms with van der Waals surface area (Å²) in [5, 5.41) is 4.79. The summed E-state index contributed by atoms with van der Waals surface area (Å²) >= 11 is 0. The van der Waals surface area contributed by atoms with E-state index in [0.717, 1.165) is 67.9 Å². The molecule has 13 rings (SSSR count). The van der Waals surface area contributed by atoms with E-state index in [-0.39, 0.29) is 0 Å². The minimum atomic E-state index is 0.396. The Morgan fingerprint density at radius 2 is 1.03 bits per heavy atom. The van der Waals surface area contributed by atoms with Gasteiger partial charge in [-0.25, -0.2) is 0 Å². The molecule has 1 aromatic heterocycles. The third-order valence-corrected chi connectivity index (χ3v) is 15.8. The van der Waals surface area contributed by atoms with Gasteiger partial charge in [-0.3, -0.25) is 0 Å². The predicted octanol–water partition coefficient (Wildman–Crippen LogP) is 17.7. The van der Waals surface area contributed by atoms with E-state index < -0.39 is 0 Å². The molecule has 3 saturated carbocycles. The molecule has 1 heterocycles. The molecule has 4 atom stereocenters. The number of furan rings is 1. The highest BCUT2D eigenvalue weighted by atomic mass is 16.3. The summed E-state index contributed by atoms with van der Waals surface area (Å²) in [6, 6.07) is 76.0. The van der Waals surface area contributed by atoms with Crippen LogP contribution in [0.3, 0.4) is 0 Å². The van der Waals surface area contributed by atoms with Gasteiger partial charge in [-0.05, 0) is 177 Å². The zero-order chi connectivity index (χ0) is 42.9. The number of para-hydroxylation sites is 1. The van der Waals surface area contributed by atoms with E-state index in [1.807, 2.05) is 12.1 Å². The van der Waals surface area contributed by atoms with Crippen LogP contribution in [0.4, 0.5) is 17.1 Å². The molecule has 0 aliphatic heterocycles. The molecule has 3 fully saturated rings. The van der Waals surface area contributed by atoms with Gasteiger partial charge in [0.05, 0.1) is 0 Å². The third-order valence-electron chi connectivity index (χ3n) is 15.8. The van der Waals surface area contributed by atoms with Gasteiger partial charge in [-0.2, -0.15) is 0 Å². The predicted molar refractivity (Wildman–Crippen MR) is 272 cm³/mol. The van der Waals surface area contributed by atoms with E-state index >= 15 is 0 Å². The Bertz CT molecular complexity index is 3350. The molecule has 0 saturated heterocycles. The second-order valence-corrected chi connectivity index (χ2v) is 19.4. The monoisotopic (exact) mass is 837 g/mol. The van der Waals surface area contributed by atoms with Gasteiger partial charge in [0.2, 0.25) is 0 Å². The van der Waals surface area contributed by atoms with Crippen LogP contribution in [0.1, 0.15) is 50.5 Å². The van der Waals surface area contributed by atoms with Gasteiger partial charge in [0, 0.05) is 27.8 Å². The lowest BCUT2D eigenvalue weighted by atomic mass is 9.50. The van der Waals surface area contributed by atoms with Crippen LogP contribution in [-0.2, 0) is 5.41 Å². The number of rotatable bonds is 8. The smallest absolute Gasteiger partial charge is 0.135 e. The Hall–Kier alpha value is -7.16. The molecule has 0 N–H and O–H groups in total. The van der Waals surface area contributed by atoms with E-state index in [1.165, 1.54) is 89.1 Å². The number of hydrogen-bond acceptors (Lipinski definition) is 2. The van der Waals surface area contributed by atoms with Gasteiger partial charge in [-0.1, -0.05) is 158 Å². The average Bonchev–Trinajstić information content (AvgIpc) is 3.74. The molecule has 9 aromatic carbocycles. The standard InChI is InChI=1S/C63H51NO/c1-2-9-46(10-3-1)56-16-7-11-48-12-8-17-57(62(48)56)47-25-32-54(33-26-47)64(55-14-6-13-49(38-55)50-27-34-61-59(39-50)58-15-4-5-18-60(58)65-61)53-30-23-44(24-31-53)43-21-28-52(29-22-43)63-36-35-45-20-19-42(40-63)37-51(45)41-63/h1-18,21-34,38-39,42,45,51H,19-20,35-37,40-41H2. The van der Waals surface area contributed by atoms with E-state index in [0.29, 0.717) is 5.41 Å². The summed E-state index contributed by atoms with van der Waals surface area (Å²) in [4.78, 5) is 2.40. The summed E-state index contributed by atoms with van der Waals surface area (Å²) in [6.45, 7) is 0. The van der Waals surface area contributed by atoms with Crippen molar-refractivity contribution < 1.29 is 4.42 Å². The van der Waals surface area contributed by atoms with Crippen LogP contribution in [-0.4, -0.2) is 0 Å². The molecular formula is C63H51NO. The van der Waals surface area contributed by atoms with Crippen LogP contribution in [0.25, 0.3) is 77.2 Å². The number of anilines is 3. The second kappa shape index (κ2) is 15.5. The summed E-state index contributed by atoms with van der Waals surface area (Å²) in [6.07, 6.45) is 10.0. The van der Waals surface area contributed by atoms with Crippen molar-refractivity contribution in [3.63, 3.8) is 0 Å². The van der Waals surface area contributed by atoms with Crippen LogP contribution < -0.4 is 4.90 Å². The van der Waals surface area contributed by atoms with E-state index in [9.17, 15) is 0 Å². The zero-order valence-electron chi connectivity index (χ0n) is 36.7. The topological polar surface area (TPSA) is 16.4 Å². The summed E-state index contributed by atoms with van der Waals surface area (Å²) in [5.41, 5.74) is 16.9. The summed E-state index contributed by atoms with van der Waals surface area (Å²) < 4.78 is 6.21. The first-order valence-corrected chi connectivity index (χ1v) is 23.8. The Kier molecular flexibility index (Phi) is 9.15. The number of fused-ring (bicyclic) bond motifs is 6. The van der Waals surface area contributed by atoms with Gasteiger partial charge >= 0.3 is 0 Å². The Balaban J connectivity index is 0.872. The maximum Gasteiger partial charge on any atom is 0.135 e. The zero-order valence-corrected chi connectivity index (χ0v) is 36.7. The van der Waals surface area contributed by atoms with Crippen molar-refractivity contribution in [1.29, 1.82) is 0 Å². The highest BCUT2D eigenvalue weighted by Gasteiger charge is 2.49. The first-order chi connectivity index (χ1) is 32.1. The Morgan fingerprint density at radius 3 is 1.80 bits per heavy atom. The van der Waals surface area contributed by atoms with Crippen LogP contribution in [0.15, 0.2) is 211 Å². The van der Waals surface area contributed by atoms with Gasteiger partial charge in [-0.15, -0.1) is 0 Å². The molecule has 0 spiro atoms. The van der Waals surface area contributed by atoms with Crippen molar-refractivity contribution >= 4 is 49.8 Å². The van der Waals surface area contributed by atoms with Crippen LogP contribution in [0.2, 0.25) is 0 Å². The van der Waals surface area contributed by atoms with Crippen molar-refractivity contribution in [3.05, 3.63) is 212 Å². The molecule has 10 aromatic rings. The first kappa shape index (κ1) is 38.3. The van der Waals surface area contributed by atoms with Crippen LogP contribution >= 0.6 is 0 Å². The molecule has 2 nitrogen and oxygen atoms in total. The molecular weight excluding hydrogens is 787 g/mol. The molecule has 3 bridgehead atoms. The van der Waals surface area contributed by atoms with E-state index in [4.69, 9.17) is 4.42 Å². The second-order valence-electron chi connectivity index (χ2n) is 19.4. The Labute approximate surface area is 381 Å². The van der Waals surface area contributed by atoms with Crippen LogP contribution in [0, 0.1) is 17.8 Å². The van der Waals surface area contributed by atoms with E-state index in [2.05, 4.69) is 199 Å². The van der Waals surface area contributed by atoms with Gasteiger partial charge in [0.25, 0.3) is 0 Å². The molecule has 4 unspecified atom stereocenters. The lowest BCUT2D eigenvalue weighted by Gasteiger charge is -2.55. The third kappa shape index (κ3) is 6.69. The maximum atomic E-state index is 6.21. The molecule has 2 heteroatoms. The van der Waals surface area contributed by atoms with Crippen molar-refractivity contribution in [2.24, 2.45) is 17.8 Å². The van der Waals surface area contributed by atoms with Gasteiger partial charge in [0.15, 0.2) is 0 Å². The average molecular weight is 838 g/mol. The van der Waals surface area contributed by atoms with Crippen LogP contribution in [0.5, 0.6) is 0 Å². The highest BCUT2D eigenvalue weighted by Crippen LogP contribution is 2.59. The molecule has 65 heavy (non-hydrogen) atoms. The van der Waals surface area contributed by atoms with Gasteiger partial charge < -0.3 is 9.32 Å². The quantitative estimate of drug-likeness (QED) is 0.152.